The van der Waals surface area contributed by atoms with Crippen molar-refractivity contribution in [2.75, 3.05) is 6.54 Å². The average molecular weight is 349 g/mol. The number of carbonyl (C=O) groups excluding carboxylic acids is 1. The van der Waals surface area contributed by atoms with Gasteiger partial charge in [-0.25, -0.2) is 4.39 Å². The maximum absolute atomic E-state index is 13.3. The third-order valence-corrected chi connectivity index (χ3v) is 4.34. The van der Waals surface area contributed by atoms with Crippen molar-refractivity contribution in [2.45, 2.75) is 46.1 Å². The Morgan fingerprint density at radius 2 is 2.16 bits per heavy atom. The van der Waals surface area contributed by atoms with E-state index in [2.05, 4.69) is 15.5 Å². The molecule has 0 bridgehead atoms. The summed E-state index contributed by atoms with van der Waals surface area (Å²) in [5, 5.41) is 16.7. The fourth-order valence-electron chi connectivity index (χ4n) is 2.05. The molecule has 7 heteroatoms. The van der Waals surface area contributed by atoms with Gasteiger partial charge < -0.3 is 14.9 Å². The Morgan fingerprint density at radius 1 is 1.44 bits per heavy atom. The summed E-state index contributed by atoms with van der Waals surface area (Å²) in [6.45, 7) is 7.32. The Hall–Kier alpha value is -2.28. The molecule has 0 aliphatic heterocycles. The molecule has 1 atom stereocenters. The van der Waals surface area contributed by atoms with E-state index in [0.717, 1.165) is 0 Å². The van der Waals surface area contributed by atoms with Crippen LogP contribution < -0.4 is 5.32 Å². The van der Waals surface area contributed by atoms with Crippen molar-refractivity contribution in [3.8, 4) is 11.4 Å². The zero-order chi connectivity index (χ0) is 18.6. The number of amides is 1. The van der Waals surface area contributed by atoms with E-state index < -0.39 is 5.60 Å². The van der Waals surface area contributed by atoms with Gasteiger partial charge in [0.15, 0.2) is 0 Å². The van der Waals surface area contributed by atoms with Gasteiger partial charge in [0.1, 0.15) is 5.82 Å². The van der Waals surface area contributed by atoms with Crippen molar-refractivity contribution >= 4 is 5.91 Å². The molecule has 0 spiro atoms. The van der Waals surface area contributed by atoms with Gasteiger partial charge in [-0.15, -0.1) is 0 Å². The van der Waals surface area contributed by atoms with Crippen LogP contribution >= 0.6 is 0 Å². The molecule has 0 aliphatic carbocycles. The summed E-state index contributed by atoms with van der Waals surface area (Å²) in [5.41, 5.74) is 0.208. The van der Waals surface area contributed by atoms with Crippen molar-refractivity contribution in [2.24, 2.45) is 5.92 Å². The van der Waals surface area contributed by atoms with Crippen LogP contribution in [0.25, 0.3) is 11.4 Å². The molecule has 136 valence electrons. The highest BCUT2D eigenvalue weighted by Gasteiger charge is 2.25. The van der Waals surface area contributed by atoms with Gasteiger partial charge in [0.2, 0.25) is 17.6 Å². The molecule has 6 nitrogen and oxygen atoms in total. The summed E-state index contributed by atoms with van der Waals surface area (Å²) in [7, 11) is 0. The zero-order valence-corrected chi connectivity index (χ0v) is 15.0. The number of aliphatic hydroxyl groups is 1. The minimum Gasteiger partial charge on any atom is -0.388 e. The molecule has 1 unspecified atom stereocenters. The number of halogens is 1. The molecule has 0 fully saturated rings. The number of aryl methyl sites for hydroxylation is 2. The quantitative estimate of drug-likeness (QED) is 0.802. The molecule has 1 amide bonds. The lowest BCUT2D eigenvalue weighted by Crippen LogP contribution is -2.44. The van der Waals surface area contributed by atoms with E-state index in [1.165, 1.54) is 6.07 Å². The predicted octanol–water partition coefficient (Wildman–Crippen LogP) is 2.64. The van der Waals surface area contributed by atoms with E-state index in [1.807, 2.05) is 13.8 Å². The molecular weight excluding hydrogens is 325 g/mol. The third-order valence-electron chi connectivity index (χ3n) is 4.34. The van der Waals surface area contributed by atoms with Crippen LogP contribution in [-0.2, 0) is 11.2 Å². The molecule has 0 saturated carbocycles. The minimum absolute atomic E-state index is 0.0328. The van der Waals surface area contributed by atoms with Crippen molar-refractivity contribution in [3.63, 3.8) is 0 Å². The van der Waals surface area contributed by atoms with E-state index in [1.54, 1.807) is 26.0 Å². The number of nitrogens with zero attached hydrogens (tertiary/aromatic N) is 2. The summed E-state index contributed by atoms with van der Waals surface area (Å²) in [6.07, 6.45) is 0.473. The lowest BCUT2D eigenvalue weighted by molar-refractivity contribution is -0.122. The number of benzene rings is 1. The van der Waals surface area contributed by atoms with E-state index in [9.17, 15) is 14.3 Å². The lowest BCUT2D eigenvalue weighted by atomic mass is 9.92. The van der Waals surface area contributed by atoms with Gasteiger partial charge in [0.05, 0.1) is 5.60 Å². The Kier molecular flexibility index (Phi) is 5.89. The van der Waals surface area contributed by atoms with Gasteiger partial charge >= 0.3 is 0 Å². The monoisotopic (exact) mass is 349 g/mol. The van der Waals surface area contributed by atoms with Gasteiger partial charge in [-0.1, -0.05) is 19.0 Å². The maximum atomic E-state index is 13.3. The number of carbonyl (C=O) groups is 1. The SMILES string of the molecule is Cc1cc(-c2noc(CCC(=O)NCC(C)(O)C(C)C)n2)ccc1F. The summed E-state index contributed by atoms with van der Waals surface area (Å²) in [6, 6.07) is 4.58. The van der Waals surface area contributed by atoms with Crippen LogP contribution in [0.4, 0.5) is 4.39 Å². The Labute approximate surface area is 146 Å². The molecular formula is C18H24FN3O3. The van der Waals surface area contributed by atoms with Crippen molar-refractivity contribution in [1.29, 1.82) is 0 Å². The second kappa shape index (κ2) is 7.74. The largest absolute Gasteiger partial charge is 0.388 e. The number of hydrogen-bond acceptors (Lipinski definition) is 5. The van der Waals surface area contributed by atoms with E-state index in [0.29, 0.717) is 29.3 Å². The van der Waals surface area contributed by atoms with Gasteiger partial charge in [-0.2, -0.15) is 4.98 Å². The van der Waals surface area contributed by atoms with Gasteiger partial charge in [0, 0.05) is 24.9 Å². The molecule has 2 aromatic rings. The van der Waals surface area contributed by atoms with Crippen molar-refractivity contribution < 1.29 is 18.8 Å². The maximum Gasteiger partial charge on any atom is 0.227 e. The first kappa shape index (κ1) is 19.1. The smallest absolute Gasteiger partial charge is 0.227 e. The second-order valence-electron chi connectivity index (χ2n) is 6.76. The first-order valence-corrected chi connectivity index (χ1v) is 8.27. The van der Waals surface area contributed by atoms with Crippen LogP contribution in [0.5, 0.6) is 0 Å². The lowest BCUT2D eigenvalue weighted by Gasteiger charge is -2.27. The summed E-state index contributed by atoms with van der Waals surface area (Å²) in [4.78, 5) is 16.1. The average Bonchev–Trinajstić information content (AvgIpc) is 3.02. The van der Waals surface area contributed by atoms with E-state index in [-0.39, 0.29) is 30.6 Å². The fourth-order valence-corrected chi connectivity index (χ4v) is 2.05. The van der Waals surface area contributed by atoms with Crippen LogP contribution in [0.3, 0.4) is 0 Å². The van der Waals surface area contributed by atoms with Gasteiger partial charge in [-0.05, 0) is 43.5 Å². The highest BCUT2D eigenvalue weighted by atomic mass is 19.1. The van der Waals surface area contributed by atoms with Crippen molar-refractivity contribution in [1.82, 2.24) is 15.5 Å². The molecule has 1 aromatic carbocycles. The van der Waals surface area contributed by atoms with Crippen LogP contribution in [0.1, 0.15) is 38.6 Å². The predicted molar refractivity (Wildman–Crippen MR) is 91.2 cm³/mol. The first-order chi connectivity index (χ1) is 11.7. The molecule has 1 aromatic heterocycles. The Balaban J connectivity index is 1.89. The highest BCUT2D eigenvalue weighted by molar-refractivity contribution is 5.76. The van der Waals surface area contributed by atoms with Gasteiger partial charge in [-0.3, -0.25) is 4.79 Å². The molecule has 0 saturated heterocycles. The molecule has 1 heterocycles. The summed E-state index contributed by atoms with van der Waals surface area (Å²) < 4.78 is 18.4. The molecule has 0 radical (unpaired) electrons. The Bertz CT molecular complexity index is 741. The number of aromatic nitrogens is 2. The first-order valence-electron chi connectivity index (χ1n) is 8.27. The van der Waals surface area contributed by atoms with Crippen LogP contribution in [0.2, 0.25) is 0 Å². The molecule has 25 heavy (non-hydrogen) atoms. The standard InChI is InChI=1S/C18H24FN3O3/c1-11(2)18(4,24)10-20-15(23)7-8-16-21-17(22-25-16)13-5-6-14(19)12(3)9-13/h5-6,9,11,24H,7-8,10H2,1-4H3,(H,20,23). The molecule has 2 N–H and O–H groups in total. The van der Waals surface area contributed by atoms with E-state index >= 15 is 0 Å². The second-order valence-corrected chi connectivity index (χ2v) is 6.76. The van der Waals surface area contributed by atoms with Crippen LogP contribution in [0, 0.1) is 18.7 Å². The van der Waals surface area contributed by atoms with Crippen LogP contribution in [0.15, 0.2) is 22.7 Å². The topological polar surface area (TPSA) is 88.2 Å². The van der Waals surface area contributed by atoms with Gasteiger partial charge in [0.25, 0.3) is 0 Å². The summed E-state index contributed by atoms with van der Waals surface area (Å²) >= 11 is 0. The zero-order valence-electron chi connectivity index (χ0n) is 15.0. The minimum atomic E-state index is -0.951. The number of nitrogens with one attached hydrogen (secondary N) is 1. The fraction of sp³-hybridized carbons (Fsp3) is 0.500. The number of hydrogen-bond donors (Lipinski definition) is 2. The van der Waals surface area contributed by atoms with Crippen LogP contribution in [-0.4, -0.2) is 33.3 Å². The number of rotatable bonds is 7. The Morgan fingerprint density at radius 3 is 2.80 bits per heavy atom. The normalized spacial score (nSPS) is 13.7. The van der Waals surface area contributed by atoms with E-state index in [4.69, 9.17) is 4.52 Å². The summed E-state index contributed by atoms with van der Waals surface area (Å²) in [5.74, 6) is 0.245. The molecule has 2 rings (SSSR count). The molecule has 0 aliphatic rings. The third kappa shape index (κ3) is 5.09. The van der Waals surface area contributed by atoms with Crippen molar-refractivity contribution in [3.05, 3.63) is 35.5 Å². The highest BCUT2D eigenvalue weighted by Crippen LogP contribution is 2.19.